The molecule has 0 amide bonds. The van der Waals surface area contributed by atoms with Gasteiger partial charge >= 0.3 is 5.97 Å². The van der Waals surface area contributed by atoms with Gasteiger partial charge < -0.3 is 5.11 Å². The molecule has 0 unspecified atom stereocenters. The number of hydrogen-bond donors (Lipinski definition) is 1. The Hall–Kier alpha value is -0.500. The summed E-state index contributed by atoms with van der Waals surface area (Å²) in [4.78, 5) is 9.87. The largest absolute Gasteiger partial charge is 0.481 e. The van der Waals surface area contributed by atoms with Crippen LogP contribution >= 0.6 is 11.6 Å². The molecule has 0 fully saturated rings. The van der Waals surface area contributed by atoms with E-state index in [0.29, 0.717) is 5.57 Å². The third kappa shape index (κ3) is 3.68. The number of hydrogen-bond acceptors (Lipinski definition) is 1. The Morgan fingerprint density at radius 1 is 1.88 bits per heavy atom. The summed E-state index contributed by atoms with van der Waals surface area (Å²) in [6.45, 7) is 1.67. The summed E-state index contributed by atoms with van der Waals surface area (Å²) in [5.74, 6) is -0.848. The highest BCUT2D eigenvalue weighted by atomic mass is 35.5. The minimum atomic E-state index is -0.848. The summed E-state index contributed by atoms with van der Waals surface area (Å²) in [5, 5.41) is 8.12. The van der Waals surface area contributed by atoms with Crippen LogP contribution in [-0.4, -0.2) is 11.1 Å². The molecule has 3 heteroatoms. The van der Waals surface area contributed by atoms with Crippen molar-refractivity contribution in [3.8, 4) is 0 Å². The predicted octanol–water partition coefficient (Wildman–Crippen LogP) is 1.60. The number of carboxylic acid groups (broad SMARTS) is 1. The van der Waals surface area contributed by atoms with Gasteiger partial charge in [0.15, 0.2) is 0 Å². The molecule has 8 heavy (non-hydrogen) atoms. The lowest BCUT2D eigenvalue weighted by Crippen LogP contribution is -1.93. The minimum Gasteiger partial charge on any atom is -0.481 e. The highest BCUT2D eigenvalue weighted by Gasteiger charge is 1.95. The molecule has 0 aliphatic carbocycles. The van der Waals surface area contributed by atoms with Crippen molar-refractivity contribution in [2.24, 2.45) is 0 Å². The molecule has 2 nitrogen and oxygen atoms in total. The highest BCUT2D eigenvalue weighted by molar-refractivity contribution is 6.25. The van der Waals surface area contributed by atoms with Crippen LogP contribution in [0.5, 0.6) is 0 Å². The zero-order valence-electron chi connectivity index (χ0n) is 4.52. The highest BCUT2D eigenvalue weighted by Crippen LogP contribution is 1.99. The fourth-order valence-corrected chi connectivity index (χ4v) is 0.354. The normalized spacial score (nSPS) is 11.5. The van der Waals surface area contributed by atoms with E-state index in [0.717, 1.165) is 0 Å². The fourth-order valence-electron chi connectivity index (χ4n) is 0.277. The van der Waals surface area contributed by atoms with E-state index in [1.165, 1.54) is 5.54 Å². The van der Waals surface area contributed by atoms with Crippen LogP contribution in [0.4, 0.5) is 0 Å². The van der Waals surface area contributed by atoms with Crippen LogP contribution in [0.25, 0.3) is 0 Å². The Kier molecular flexibility index (Phi) is 3.28. The van der Waals surface area contributed by atoms with Crippen LogP contribution < -0.4 is 0 Å². The van der Waals surface area contributed by atoms with Crippen molar-refractivity contribution in [1.82, 2.24) is 0 Å². The number of halogens is 1. The molecular weight excluding hydrogens is 128 g/mol. The van der Waals surface area contributed by atoms with Gasteiger partial charge in [-0.2, -0.15) is 0 Å². The van der Waals surface area contributed by atoms with Gasteiger partial charge in [0, 0.05) is 5.54 Å². The van der Waals surface area contributed by atoms with Gasteiger partial charge in [0.05, 0.1) is 6.42 Å². The van der Waals surface area contributed by atoms with E-state index in [4.69, 9.17) is 16.7 Å². The van der Waals surface area contributed by atoms with Gasteiger partial charge in [0.1, 0.15) is 0 Å². The third-order valence-electron chi connectivity index (χ3n) is 0.616. The first-order valence-corrected chi connectivity index (χ1v) is 2.58. The van der Waals surface area contributed by atoms with Gasteiger partial charge in [-0.3, -0.25) is 4.79 Å². The maximum atomic E-state index is 9.87. The average Bonchev–Trinajstić information content (AvgIpc) is 1.65. The molecule has 0 bridgehead atoms. The maximum Gasteiger partial charge on any atom is 0.307 e. The van der Waals surface area contributed by atoms with Crippen LogP contribution in [0, 0.1) is 0 Å². The van der Waals surface area contributed by atoms with Crippen molar-refractivity contribution in [1.29, 1.82) is 0 Å². The molecule has 0 aromatic carbocycles. The van der Waals surface area contributed by atoms with Gasteiger partial charge in [-0.05, 0) is 6.92 Å². The first-order valence-electron chi connectivity index (χ1n) is 2.14. The Labute approximate surface area is 52.8 Å². The molecule has 0 saturated carbocycles. The summed E-state index contributed by atoms with van der Waals surface area (Å²) < 4.78 is 0. The summed E-state index contributed by atoms with van der Waals surface area (Å²) in [7, 11) is 0. The molecule has 0 aromatic rings. The Morgan fingerprint density at radius 2 is 2.38 bits per heavy atom. The molecule has 0 radical (unpaired) electrons. The van der Waals surface area contributed by atoms with Crippen molar-refractivity contribution in [2.75, 3.05) is 0 Å². The summed E-state index contributed by atoms with van der Waals surface area (Å²) in [5.41, 5.74) is 1.94. The average molecular weight is 135 g/mol. The van der Waals surface area contributed by atoms with Crippen LogP contribution in [0.3, 0.4) is 0 Å². The molecule has 46 valence electrons. The summed E-state index contributed by atoms with van der Waals surface area (Å²) in [6, 6.07) is 0. The van der Waals surface area contributed by atoms with Crippen molar-refractivity contribution < 1.29 is 9.90 Å². The molecule has 0 atom stereocenters. The van der Waals surface area contributed by atoms with E-state index in [2.05, 4.69) is 0 Å². The second-order valence-corrected chi connectivity index (χ2v) is 1.74. The molecule has 0 aliphatic heterocycles. The van der Waals surface area contributed by atoms with E-state index in [-0.39, 0.29) is 6.42 Å². The molecular formula is C5H7ClO2. The first kappa shape index (κ1) is 7.50. The van der Waals surface area contributed by atoms with Crippen molar-refractivity contribution in [3.63, 3.8) is 0 Å². The Morgan fingerprint density at radius 3 is 2.50 bits per heavy atom. The molecule has 0 saturated heterocycles. The zero-order valence-corrected chi connectivity index (χ0v) is 5.27. The number of rotatable bonds is 2. The topological polar surface area (TPSA) is 37.3 Å². The quantitative estimate of drug-likeness (QED) is 0.623. The van der Waals surface area contributed by atoms with E-state index < -0.39 is 5.97 Å². The molecule has 0 aromatic heterocycles. The third-order valence-corrected chi connectivity index (χ3v) is 0.989. The molecule has 0 rings (SSSR count). The van der Waals surface area contributed by atoms with E-state index in [1.807, 2.05) is 0 Å². The number of carbonyl (C=O) groups is 1. The molecule has 0 spiro atoms. The van der Waals surface area contributed by atoms with Crippen LogP contribution in [0.2, 0.25) is 0 Å². The second kappa shape index (κ2) is 3.50. The van der Waals surface area contributed by atoms with Crippen LogP contribution in [0.15, 0.2) is 11.1 Å². The van der Waals surface area contributed by atoms with Gasteiger partial charge in [-0.1, -0.05) is 17.2 Å². The number of carboxylic acids is 1. The fraction of sp³-hybridized carbons (Fsp3) is 0.400. The van der Waals surface area contributed by atoms with Gasteiger partial charge in [-0.25, -0.2) is 0 Å². The number of aliphatic carboxylic acids is 1. The van der Waals surface area contributed by atoms with Gasteiger partial charge in [0.25, 0.3) is 0 Å². The smallest absolute Gasteiger partial charge is 0.307 e. The minimum absolute atomic E-state index is 0.0312. The predicted molar refractivity (Wildman–Crippen MR) is 31.9 cm³/mol. The Bertz CT molecular complexity index is 118. The van der Waals surface area contributed by atoms with Crippen LogP contribution in [-0.2, 0) is 4.79 Å². The van der Waals surface area contributed by atoms with Gasteiger partial charge in [-0.15, -0.1) is 0 Å². The van der Waals surface area contributed by atoms with Crippen molar-refractivity contribution in [2.45, 2.75) is 13.3 Å². The van der Waals surface area contributed by atoms with E-state index in [9.17, 15) is 4.79 Å². The van der Waals surface area contributed by atoms with Crippen molar-refractivity contribution >= 4 is 17.6 Å². The zero-order chi connectivity index (χ0) is 6.57. The Balaban J connectivity index is 3.56. The monoisotopic (exact) mass is 134 g/mol. The van der Waals surface area contributed by atoms with E-state index in [1.54, 1.807) is 6.92 Å². The summed E-state index contributed by atoms with van der Waals surface area (Å²) >= 11 is 5.17. The lowest BCUT2D eigenvalue weighted by Gasteiger charge is -1.88. The SMILES string of the molecule is CC(=CCl)CC(=O)O. The molecule has 1 N–H and O–H groups in total. The van der Waals surface area contributed by atoms with Gasteiger partial charge in [0.2, 0.25) is 0 Å². The lowest BCUT2D eigenvalue weighted by molar-refractivity contribution is -0.136. The first-order chi connectivity index (χ1) is 3.66. The molecule has 0 aliphatic rings. The lowest BCUT2D eigenvalue weighted by atomic mass is 10.2. The second-order valence-electron chi connectivity index (χ2n) is 1.53. The van der Waals surface area contributed by atoms with Crippen LogP contribution in [0.1, 0.15) is 13.3 Å². The molecule has 0 heterocycles. The van der Waals surface area contributed by atoms with E-state index >= 15 is 0 Å². The maximum absolute atomic E-state index is 9.87. The summed E-state index contributed by atoms with van der Waals surface area (Å²) in [6.07, 6.45) is 0.0312. The van der Waals surface area contributed by atoms with Crippen molar-refractivity contribution in [3.05, 3.63) is 11.1 Å². The standard InChI is InChI=1S/C5H7ClO2/c1-4(3-6)2-5(7)8/h3H,2H2,1H3,(H,7,8).